The first kappa shape index (κ1) is 15.6. The van der Waals surface area contributed by atoms with E-state index < -0.39 is 0 Å². The number of carbonyl (C=O) groups excluding carboxylic acids is 1. The lowest BCUT2D eigenvalue weighted by Crippen LogP contribution is -2.31. The van der Waals surface area contributed by atoms with Gasteiger partial charge in [0.05, 0.1) is 27.4 Å². The van der Waals surface area contributed by atoms with Crippen molar-refractivity contribution in [2.75, 3.05) is 34.0 Å². The van der Waals surface area contributed by atoms with Crippen LogP contribution in [0.5, 0.6) is 11.5 Å². The number of ether oxygens (including phenoxy) is 4. The molecule has 21 heavy (non-hydrogen) atoms. The van der Waals surface area contributed by atoms with Gasteiger partial charge in [-0.2, -0.15) is 0 Å². The van der Waals surface area contributed by atoms with Gasteiger partial charge in [-0.05, 0) is 18.6 Å². The fraction of sp³-hybridized carbons (Fsp3) is 0.533. The minimum absolute atomic E-state index is 0.178. The third-order valence-electron chi connectivity index (χ3n) is 3.18. The van der Waals surface area contributed by atoms with E-state index in [0.29, 0.717) is 43.2 Å². The summed E-state index contributed by atoms with van der Waals surface area (Å²) in [6, 6.07) is 5.07. The van der Waals surface area contributed by atoms with Gasteiger partial charge in [0.1, 0.15) is 11.5 Å². The van der Waals surface area contributed by atoms with Crippen molar-refractivity contribution in [3.8, 4) is 11.5 Å². The lowest BCUT2D eigenvalue weighted by Gasteiger charge is -2.23. The largest absolute Gasteiger partial charge is 0.497 e. The van der Waals surface area contributed by atoms with E-state index in [2.05, 4.69) is 5.32 Å². The van der Waals surface area contributed by atoms with E-state index in [1.54, 1.807) is 32.4 Å². The number of nitrogens with one attached hydrogen (secondary N) is 1. The number of hydrogen-bond donors (Lipinski definition) is 1. The van der Waals surface area contributed by atoms with E-state index in [-0.39, 0.29) is 12.2 Å². The molecule has 0 bridgehead atoms. The SMILES string of the molecule is COc1cc(OC)cc(C(=O)NCCC2OCCCO2)c1. The molecule has 1 aliphatic rings. The van der Waals surface area contributed by atoms with Crippen molar-refractivity contribution in [2.24, 2.45) is 0 Å². The molecule has 1 aliphatic heterocycles. The molecule has 0 atom stereocenters. The van der Waals surface area contributed by atoms with Crippen LogP contribution < -0.4 is 14.8 Å². The lowest BCUT2D eigenvalue weighted by molar-refractivity contribution is -0.180. The molecule has 1 saturated heterocycles. The second kappa shape index (κ2) is 7.85. The minimum Gasteiger partial charge on any atom is -0.497 e. The van der Waals surface area contributed by atoms with Crippen LogP contribution >= 0.6 is 0 Å². The molecule has 1 aromatic rings. The van der Waals surface area contributed by atoms with Gasteiger partial charge in [-0.25, -0.2) is 0 Å². The molecule has 1 amide bonds. The number of rotatable bonds is 6. The summed E-state index contributed by atoms with van der Waals surface area (Å²) in [5, 5.41) is 2.84. The predicted octanol–water partition coefficient (Wildman–Crippen LogP) is 1.59. The maximum atomic E-state index is 12.1. The van der Waals surface area contributed by atoms with E-state index in [1.807, 2.05) is 0 Å². The van der Waals surface area contributed by atoms with Crippen molar-refractivity contribution in [2.45, 2.75) is 19.1 Å². The van der Waals surface area contributed by atoms with E-state index >= 15 is 0 Å². The maximum Gasteiger partial charge on any atom is 0.251 e. The summed E-state index contributed by atoms with van der Waals surface area (Å²) < 4.78 is 21.1. The number of hydrogen-bond acceptors (Lipinski definition) is 5. The van der Waals surface area contributed by atoms with Crippen LogP contribution in [0.25, 0.3) is 0 Å². The molecule has 1 fully saturated rings. The summed E-state index contributed by atoms with van der Waals surface area (Å²) in [7, 11) is 3.10. The van der Waals surface area contributed by atoms with Crippen LogP contribution in [0, 0.1) is 0 Å². The zero-order chi connectivity index (χ0) is 15.1. The minimum atomic E-state index is -0.223. The van der Waals surface area contributed by atoms with Gasteiger partial charge < -0.3 is 24.3 Å². The summed E-state index contributed by atoms with van der Waals surface area (Å²) in [4.78, 5) is 12.1. The van der Waals surface area contributed by atoms with Crippen molar-refractivity contribution in [3.05, 3.63) is 23.8 Å². The monoisotopic (exact) mass is 295 g/mol. The molecule has 0 unspecified atom stereocenters. The Bertz CT molecular complexity index is 449. The molecule has 0 aromatic heterocycles. The highest BCUT2D eigenvalue weighted by molar-refractivity contribution is 5.95. The third kappa shape index (κ3) is 4.61. The van der Waals surface area contributed by atoms with Crippen LogP contribution in [0.2, 0.25) is 0 Å². The first-order valence-corrected chi connectivity index (χ1v) is 6.97. The van der Waals surface area contributed by atoms with Crippen LogP contribution in [0.3, 0.4) is 0 Å². The molecule has 0 spiro atoms. The first-order valence-electron chi connectivity index (χ1n) is 6.97. The van der Waals surface area contributed by atoms with Crippen molar-refractivity contribution in [3.63, 3.8) is 0 Å². The Kier molecular flexibility index (Phi) is 5.83. The molecule has 0 aliphatic carbocycles. The highest BCUT2D eigenvalue weighted by Gasteiger charge is 2.15. The number of carbonyl (C=O) groups is 1. The van der Waals surface area contributed by atoms with Gasteiger partial charge in [-0.15, -0.1) is 0 Å². The Morgan fingerprint density at radius 3 is 2.38 bits per heavy atom. The van der Waals surface area contributed by atoms with E-state index in [0.717, 1.165) is 6.42 Å². The van der Waals surface area contributed by atoms with Gasteiger partial charge >= 0.3 is 0 Å². The Hall–Kier alpha value is -1.79. The number of methoxy groups -OCH3 is 2. The van der Waals surface area contributed by atoms with Crippen molar-refractivity contribution in [1.82, 2.24) is 5.32 Å². The van der Waals surface area contributed by atoms with Gasteiger partial charge in [0.15, 0.2) is 6.29 Å². The predicted molar refractivity (Wildman–Crippen MR) is 76.8 cm³/mol. The van der Waals surface area contributed by atoms with Crippen LogP contribution in [-0.2, 0) is 9.47 Å². The smallest absolute Gasteiger partial charge is 0.251 e. The summed E-state index contributed by atoms with van der Waals surface area (Å²) in [5.41, 5.74) is 0.497. The molecule has 1 heterocycles. The van der Waals surface area contributed by atoms with E-state index in [1.165, 1.54) is 0 Å². The van der Waals surface area contributed by atoms with Crippen LogP contribution in [-0.4, -0.2) is 46.2 Å². The topological polar surface area (TPSA) is 66.0 Å². The van der Waals surface area contributed by atoms with Gasteiger partial charge in [-0.3, -0.25) is 4.79 Å². The Balaban J connectivity index is 1.87. The summed E-state index contributed by atoms with van der Waals surface area (Å²) in [6.07, 6.45) is 1.33. The highest BCUT2D eigenvalue weighted by atomic mass is 16.7. The Labute approximate surface area is 124 Å². The van der Waals surface area contributed by atoms with Gasteiger partial charge in [0, 0.05) is 24.6 Å². The molecule has 1 N–H and O–H groups in total. The summed E-state index contributed by atoms with van der Waals surface area (Å²) in [6.45, 7) is 1.92. The second-order valence-electron chi connectivity index (χ2n) is 4.67. The number of benzene rings is 1. The highest BCUT2D eigenvalue weighted by Crippen LogP contribution is 2.22. The van der Waals surface area contributed by atoms with Crippen molar-refractivity contribution in [1.29, 1.82) is 0 Å². The van der Waals surface area contributed by atoms with Crippen LogP contribution in [0.15, 0.2) is 18.2 Å². The van der Waals surface area contributed by atoms with Gasteiger partial charge in [0.25, 0.3) is 5.91 Å². The molecular formula is C15H21NO5. The first-order chi connectivity index (χ1) is 10.2. The molecule has 0 saturated carbocycles. The van der Waals surface area contributed by atoms with Crippen LogP contribution in [0.1, 0.15) is 23.2 Å². The van der Waals surface area contributed by atoms with E-state index in [9.17, 15) is 4.79 Å². The normalized spacial score (nSPS) is 15.5. The van der Waals surface area contributed by atoms with Crippen molar-refractivity contribution < 1.29 is 23.7 Å². The molecule has 2 rings (SSSR count). The third-order valence-corrected chi connectivity index (χ3v) is 3.18. The fourth-order valence-electron chi connectivity index (χ4n) is 2.05. The summed E-state index contributed by atoms with van der Waals surface area (Å²) in [5.74, 6) is 0.986. The molecular weight excluding hydrogens is 274 g/mol. The van der Waals surface area contributed by atoms with Gasteiger partial charge in [-0.1, -0.05) is 0 Å². The molecule has 6 nitrogen and oxygen atoms in total. The zero-order valence-electron chi connectivity index (χ0n) is 12.4. The van der Waals surface area contributed by atoms with Crippen LogP contribution in [0.4, 0.5) is 0 Å². The molecule has 1 aromatic carbocycles. The quantitative estimate of drug-likeness (QED) is 0.863. The van der Waals surface area contributed by atoms with Crippen molar-refractivity contribution >= 4 is 5.91 Å². The molecule has 0 radical (unpaired) electrons. The molecule has 6 heteroatoms. The Morgan fingerprint density at radius 2 is 1.81 bits per heavy atom. The second-order valence-corrected chi connectivity index (χ2v) is 4.67. The number of amides is 1. The average Bonchev–Trinajstić information content (AvgIpc) is 2.55. The standard InChI is InChI=1S/C15H21NO5/c1-18-12-8-11(9-13(10-12)19-2)15(17)16-5-4-14-20-6-3-7-21-14/h8-10,14H,3-7H2,1-2H3,(H,16,17). The average molecular weight is 295 g/mol. The van der Waals surface area contributed by atoms with Gasteiger partial charge in [0.2, 0.25) is 0 Å². The summed E-state index contributed by atoms with van der Waals surface area (Å²) >= 11 is 0. The zero-order valence-corrected chi connectivity index (χ0v) is 12.4. The lowest BCUT2D eigenvalue weighted by atomic mass is 10.2. The maximum absolute atomic E-state index is 12.1. The van der Waals surface area contributed by atoms with E-state index in [4.69, 9.17) is 18.9 Å². The fourth-order valence-corrected chi connectivity index (χ4v) is 2.05. The molecule has 116 valence electrons. The Morgan fingerprint density at radius 1 is 1.19 bits per heavy atom.